The van der Waals surface area contributed by atoms with Crippen LogP contribution in [0.3, 0.4) is 0 Å². The number of hydrogen-bond donors (Lipinski definition) is 2. The number of aliphatic hydroxyl groups is 2. The number of alkyl halides is 2. The monoisotopic (exact) mass is 557 g/mol. The first kappa shape index (κ1) is 28.7. The Bertz CT molecular complexity index is 1310. The van der Waals surface area contributed by atoms with E-state index in [0.717, 1.165) is 11.8 Å². The van der Waals surface area contributed by atoms with Gasteiger partial charge in [-0.05, 0) is 74.3 Å². The van der Waals surface area contributed by atoms with E-state index in [-0.39, 0.29) is 31.3 Å². The molecule has 0 saturated heterocycles. The van der Waals surface area contributed by atoms with E-state index in [1.165, 1.54) is 19.1 Å². The van der Waals surface area contributed by atoms with Crippen LogP contribution in [0.4, 0.5) is 8.78 Å². The summed E-state index contributed by atoms with van der Waals surface area (Å²) in [6.45, 7) is 6.09. The molecule has 1 aromatic heterocycles. The van der Waals surface area contributed by atoms with Gasteiger partial charge in [-0.25, -0.2) is 8.78 Å². The molecule has 0 aliphatic heterocycles. The number of allylic oxidation sites excluding steroid dienone is 4. The molecule has 3 saturated carbocycles. The van der Waals surface area contributed by atoms with Gasteiger partial charge in [0.1, 0.15) is 11.8 Å². The minimum Gasteiger partial charge on any atom is -0.457 e. The second-order valence-electron chi connectivity index (χ2n) is 12.5. The molecule has 2 N–H and O–H groups in total. The normalized spacial score (nSPS) is 42.0. The number of halogens is 2. The lowest BCUT2D eigenvalue weighted by atomic mass is 9.44. The zero-order valence-corrected chi connectivity index (χ0v) is 23.3. The van der Waals surface area contributed by atoms with Crippen molar-refractivity contribution in [3.63, 3.8) is 0 Å². The lowest BCUT2D eigenvalue weighted by Gasteiger charge is -2.63. The maximum atomic E-state index is 17.3. The van der Waals surface area contributed by atoms with Crippen LogP contribution in [0, 0.1) is 28.6 Å². The molecule has 0 aromatic carbocycles. The Balaban J connectivity index is 1.39. The summed E-state index contributed by atoms with van der Waals surface area (Å²) < 4.78 is 38.1. The average Bonchev–Trinajstić information content (AvgIpc) is 3.11. The van der Waals surface area contributed by atoms with Crippen molar-refractivity contribution in [2.75, 3.05) is 6.61 Å². The van der Waals surface area contributed by atoms with Crippen molar-refractivity contribution < 1.29 is 38.1 Å². The van der Waals surface area contributed by atoms with Crippen LogP contribution in [-0.4, -0.2) is 62.9 Å². The van der Waals surface area contributed by atoms with Gasteiger partial charge in [0, 0.05) is 22.4 Å². The molecule has 216 valence electrons. The number of aromatic nitrogens is 1. The van der Waals surface area contributed by atoms with Gasteiger partial charge in [0.2, 0.25) is 5.78 Å². The van der Waals surface area contributed by atoms with Crippen molar-refractivity contribution >= 4 is 17.5 Å². The fraction of sp³-hybridized carbons (Fsp3) is 0.613. The number of aryl methyl sites for hydroxylation is 1. The van der Waals surface area contributed by atoms with Crippen molar-refractivity contribution in [3.8, 4) is 0 Å². The molecular formula is C31H37F2NO6. The molecule has 40 heavy (non-hydrogen) atoms. The summed E-state index contributed by atoms with van der Waals surface area (Å²) in [6.07, 6.45) is 0.721. The van der Waals surface area contributed by atoms with E-state index in [0.29, 0.717) is 12.1 Å². The van der Waals surface area contributed by atoms with Gasteiger partial charge in [-0.2, -0.15) is 0 Å². The summed E-state index contributed by atoms with van der Waals surface area (Å²) in [4.78, 5) is 42.5. The van der Waals surface area contributed by atoms with Gasteiger partial charge in [0.25, 0.3) is 0 Å². The molecule has 1 aromatic rings. The van der Waals surface area contributed by atoms with Gasteiger partial charge < -0.3 is 14.9 Å². The van der Waals surface area contributed by atoms with Crippen LogP contribution in [0.2, 0.25) is 0 Å². The second kappa shape index (κ2) is 9.65. The molecule has 9 heteroatoms. The van der Waals surface area contributed by atoms with Crippen molar-refractivity contribution in [2.45, 2.75) is 83.3 Å². The van der Waals surface area contributed by atoms with Gasteiger partial charge in [0.15, 0.2) is 18.1 Å². The Hall–Kier alpha value is -2.78. The summed E-state index contributed by atoms with van der Waals surface area (Å²) in [5.74, 6) is -4.13. The fourth-order valence-electron chi connectivity index (χ4n) is 8.41. The number of ketones is 2. The lowest BCUT2D eigenvalue weighted by Crippen LogP contribution is -2.70. The van der Waals surface area contributed by atoms with Crippen LogP contribution in [0.15, 0.2) is 42.0 Å². The highest BCUT2D eigenvalue weighted by atomic mass is 19.1. The lowest BCUT2D eigenvalue weighted by molar-refractivity contribution is -0.224. The van der Waals surface area contributed by atoms with Crippen LogP contribution in [0.25, 0.3) is 0 Å². The third-order valence-electron chi connectivity index (χ3n) is 10.6. The largest absolute Gasteiger partial charge is 0.457 e. The number of rotatable bonds is 6. The molecule has 3 fully saturated rings. The average molecular weight is 558 g/mol. The quantitative estimate of drug-likeness (QED) is 0.514. The van der Waals surface area contributed by atoms with E-state index in [1.54, 1.807) is 26.0 Å². The van der Waals surface area contributed by atoms with Gasteiger partial charge in [-0.1, -0.05) is 32.9 Å². The van der Waals surface area contributed by atoms with Crippen LogP contribution in [-0.2, 0) is 32.0 Å². The summed E-state index contributed by atoms with van der Waals surface area (Å²) in [6, 6.07) is 5.32. The predicted molar refractivity (Wildman–Crippen MR) is 141 cm³/mol. The zero-order valence-electron chi connectivity index (χ0n) is 23.3. The Morgan fingerprint density at radius 3 is 2.58 bits per heavy atom. The topological polar surface area (TPSA) is 114 Å². The molecule has 9 atom stereocenters. The van der Waals surface area contributed by atoms with Crippen molar-refractivity contribution in [1.29, 1.82) is 0 Å². The van der Waals surface area contributed by atoms with Gasteiger partial charge in [0.05, 0.1) is 18.2 Å². The molecule has 4 aliphatic rings. The van der Waals surface area contributed by atoms with Gasteiger partial charge in [-0.3, -0.25) is 19.4 Å². The summed E-state index contributed by atoms with van der Waals surface area (Å²) >= 11 is 0. The molecule has 1 heterocycles. The Morgan fingerprint density at radius 1 is 1.18 bits per heavy atom. The molecule has 0 radical (unpaired) electrons. The van der Waals surface area contributed by atoms with E-state index in [1.807, 2.05) is 13.0 Å². The molecule has 7 nitrogen and oxygen atoms in total. The minimum absolute atomic E-state index is 0.0182. The highest BCUT2D eigenvalue weighted by Crippen LogP contribution is 2.70. The fourth-order valence-corrected chi connectivity index (χ4v) is 8.41. The number of ether oxygens (including phenoxy) is 1. The molecular weight excluding hydrogens is 520 g/mol. The molecule has 5 rings (SSSR count). The van der Waals surface area contributed by atoms with E-state index in [2.05, 4.69) is 4.98 Å². The van der Waals surface area contributed by atoms with Crippen LogP contribution >= 0.6 is 0 Å². The van der Waals surface area contributed by atoms with Gasteiger partial charge in [-0.15, -0.1) is 0 Å². The Labute approximate surface area is 232 Å². The highest BCUT2D eigenvalue weighted by molar-refractivity contribution is 6.01. The summed E-state index contributed by atoms with van der Waals surface area (Å²) in [5, 5.41) is 23.4. The number of carbonyl (C=O) groups is 3. The number of aliphatic hydroxyl groups excluding tert-OH is 1. The highest BCUT2D eigenvalue weighted by Gasteiger charge is 2.76. The maximum absolute atomic E-state index is 17.3. The first-order valence-electron chi connectivity index (χ1n) is 14.0. The number of esters is 1. The third-order valence-corrected chi connectivity index (χ3v) is 10.6. The number of Topliss-reactive ketones (excluding diaryl/α,β-unsaturated/α-hetero) is 1. The standard InChI is InChI=1S/C31H37F2NO6/c1-5-18-7-6-8-19(34-18)12-27(38)40-16-26(37)31(39)17(2)11-21-22-14-24(32)23-13-20(35)9-10-28(23,3)30(22,33)25(36)15-29(21,31)4/h6-10,13,17,21-22,24-25,36,39H,5,11-12,14-16H2,1-4H3/t17-,21?,22?,24+,25+,28+,29+,30+,31+/m1/s1. The minimum atomic E-state index is -2.30. The van der Waals surface area contributed by atoms with Crippen molar-refractivity contribution in [2.24, 2.45) is 28.6 Å². The Kier molecular flexibility index (Phi) is 6.94. The van der Waals surface area contributed by atoms with Crippen molar-refractivity contribution in [3.05, 3.63) is 53.4 Å². The van der Waals surface area contributed by atoms with Crippen molar-refractivity contribution in [1.82, 2.24) is 4.98 Å². The van der Waals surface area contributed by atoms with Gasteiger partial charge >= 0.3 is 5.97 Å². The number of pyridine rings is 1. The van der Waals surface area contributed by atoms with E-state index in [4.69, 9.17) is 4.74 Å². The smallest absolute Gasteiger partial charge is 0.312 e. The first-order chi connectivity index (χ1) is 18.7. The van der Waals surface area contributed by atoms with E-state index in [9.17, 15) is 24.6 Å². The third kappa shape index (κ3) is 3.87. The number of carbonyl (C=O) groups excluding carboxylic acids is 3. The Morgan fingerprint density at radius 2 is 1.88 bits per heavy atom. The number of hydrogen-bond acceptors (Lipinski definition) is 7. The van der Waals surface area contributed by atoms with E-state index < -0.39 is 76.3 Å². The van der Waals surface area contributed by atoms with E-state index >= 15 is 8.78 Å². The second-order valence-corrected chi connectivity index (χ2v) is 12.5. The number of nitrogens with zero attached hydrogens (tertiary/aromatic N) is 1. The predicted octanol–water partition coefficient (Wildman–Crippen LogP) is 3.59. The van der Waals surface area contributed by atoms with Crippen LogP contribution in [0.1, 0.15) is 58.3 Å². The molecule has 4 aliphatic carbocycles. The molecule has 0 bridgehead atoms. The zero-order chi connectivity index (χ0) is 29.3. The SMILES string of the molecule is CCc1cccc(CC(=O)OCC(=O)[C@@]2(O)[C@H](C)CC3C4C[C@H](F)C5=CC(=O)C=C[C@]5(C)[C@@]4(F)[C@@H](O)C[C@@]32C)n1. The van der Waals surface area contributed by atoms with Crippen LogP contribution in [0.5, 0.6) is 0 Å². The summed E-state index contributed by atoms with van der Waals surface area (Å²) in [7, 11) is 0. The number of fused-ring (bicyclic) bond motifs is 5. The first-order valence-corrected chi connectivity index (χ1v) is 14.0. The molecule has 0 spiro atoms. The summed E-state index contributed by atoms with van der Waals surface area (Å²) in [5.41, 5.74) is -5.83. The molecule has 0 amide bonds. The molecule has 2 unspecified atom stereocenters. The van der Waals surface area contributed by atoms with Crippen LogP contribution < -0.4 is 0 Å². The maximum Gasteiger partial charge on any atom is 0.312 e.